The zero-order chi connectivity index (χ0) is 26.2. The fraction of sp³-hybridized carbons (Fsp3) is 0.308. The third kappa shape index (κ3) is 3.52. The van der Waals surface area contributed by atoms with Crippen LogP contribution in [-0.2, 0) is 32.6 Å². The number of thioether (sulfide) groups is 1. The summed E-state index contributed by atoms with van der Waals surface area (Å²) in [5, 5.41) is 22.8. The minimum Gasteiger partial charge on any atom is -0.543 e. The molecule has 3 unspecified atom stereocenters. The molecule has 1 aromatic heterocycles. The molecule has 0 spiro atoms. The summed E-state index contributed by atoms with van der Waals surface area (Å²) in [6.07, 6.45) is 3.83. The first-order valence-corrected chi connectivity index (χ1v) is 14.2. The van der Waals surface area contributed by atoms with Gasteiger partial charge in [-0.3, -0.25) is 14.0 Å². The molecule has 1 saturated heterocycles. The number of carboxylic acids is 1. The van der Waals surface area contributed by atoms with Crippen LogP contribution < -0.4 is 9.41 Å². The quantitative estimate of drug-likeness (QED) is 0.453. The third-order valence-corrected chi connectivity index (χ3v) is 10.5. The summed E-state index contributed by atoms with van der Waals surface area (Å²) in [6.45, 7) is 4.02. The number of rotatable bonds is 7. The molecular weight excluding hydrogens is 514 g/mol. The second-order valence-corrected chi connectivity index (χ2v) is 12.7. The lowest BCUT2D eigenvalue weighted by Gasteiger charge is -2.44. The van der Waals surface area contributed by atoms with Gasteiger partial charge in [0.15, 0.2) is 0 Å². The number of anilines is 1. The van der Waals surface area contributed by atoms with Gasteiger partial charge in [-0.1, -0.05) is 30.0 Å². The Hall–Kier alpha value is -3.28. The van der Waals surface area contributed by atoms with Crippen LogP contribution in [0, 0.1) is 12.8 Å². The summed E-state index contributed by atoms with van der Waals surface area (Å²) in [5.41, 5.74) is 2.34. The number of aliphatic carboxylic acids is 1. The highest BCUT2D eigenvalue weighted by molar-refractivity contribution is 8.04. The van der Waals surface area contributed by atoms with Crippen LogP contribution in [0.5, 0.6) is 0 Å². The fourth-order valence-corrected chi connectivity index (χ4v) is 8.85. The molecular formula is C26H24N3O6S2-. The summed E-state index contributed by atoms with van der Waals surface area (Å²) in [7, 11) is -3.96. The fourth-order valence-electron chi connectivity index (χ4n) is 5.51. The van der Waals surface area contributed by atoms with E-state index in [1.807, 2.05) is 31.3 Å². The number of aryl methyl sites for hydroxylation is 3. The zero-order valence-electron chi connectivity index (χ0n) is 20.1. The molecule has 3 aromatic rings. The molecule has 0 bridgehead atoms. The molecule has 4 heterocycles. The first-order valence-electron chi connectivity index (χ1n) is 11.9. The van der Waals surface area contributed by atoms with Crippen molar-refractivity contribution in [1.82, 2.24) is 9.47 Å². The highest BCUT2D eigenvalue weighted by Gasteiger charge is 2.56. The third-order valence-electron chi connectivity index (χ3n) is 7.30. The van der Waals surface area contributed by atoms with Crippen LogP contribution in [0.15, 0.2) is 64.3 Å². The van der Waals surface area contributed by atoms with Crippen molar-refractivity contribution < 1.29 is 28.2 Å². The second kappa shape index (κ2) is 8.37. The van der Waals surface area contributed by atoms with E-state index in [-0.39, 0.29) is 22.0 Å². The lowest BCUT2D eigenvalue weighted by atomic mass is 9.92. The summed E-state index contributed by atoms with van der Waals surface area (Å²) in [6, 6.07) is 10.9. The maximum absolute atomic E-state index is 13.6. The maximum Gasteiger partial charge on any atom is 0.265 e. The predicted octanol–water partition coefficient (Wildman–Crippen LogP) is 1.57. The van der Waals surface area contributed by atoms with Crippen LogP contribution in [0.2, 0.25) is 0 Å². The molecule has 0 radical (unpaired) electrons. The predicted molar refractivity (Wildman–Crippen MR) is 137 cm³/mol. The van der Waals surface area contributed by atoms with Gasteiger partial charge in [-0.25, -0.2) is 8.42 Å². The second-order valence-electron chi connectivity index (χ2n) is 9.65. The van der Waals surface area contributed by atoms with Gasteiger partial charge < -0.3 is 19.6 Å². The Labute approximate surface area is 218 Å². The van der Waals surface area contributed by atoms with Crippen molar-refractivity contribution in [1.29, 1.82) is 0 Å². The van der Waals surface area contributed by atoms with Crippen molar-refractivity contribution in [3.63, 3.8) is 0 Å². The van der Waals surface area contributed by atoms with Crippen LogP contribution in [0.25, 0.3) is 10.8 Å². The molecule has 6 rings (SSSR count). The van der Waals surface area contributed by atoms with E-state index >= 15 is 0 Å². The van der Waals surface area contributed by atoms with E-state index in [1.54, 1.807) is 18.2 Å². The lowest BCUT2D eigenvalue weighted by molar-refractivity contribution is -0.301. The zero-order valence-corrected chi connectivity index (χ0v) is 21.8. The Kier molecular flexibility index (Phi) is 5.45. The number of benzene rings is 2. The molecule has 3 aliphatic rings. The van der Waals surface area contributed by atoms with Gasteiger partial charge >= 0.3 is 0 Å². The number of β-lactam (4-membered cyclic amide) rings is 1. The molecule has 1 amide bonds. The minimum absolute atomic E-state index is 0.179. The molecule has 1 N–H and O–H groups in total. The number of amides is 1. The molecule has 3 aliphatic heterocycles. The highest BCUT2D eigenvalue weighted by Crippen LogP contribution is 2.52. The van der Waals surface area contributed by atoms with Gasteiger partial charge in [0.2, 0.25) is 5.91 Å². The van der Waals surface area contributed by atoms with E-state index in [0.717, 1.165) is 34.2 Å². The number of carbonyl (C=O) groups excluding carboxylic acids is 2. The number of sulfonamides is 1. The Balaban J connectivity index is 1.37. The smallest absolute Gasteiger partial charge is 0.265 e. The number of aromatic nitrogens is 1. The summed E-state index contributed by atoms with van der Waals surface area (Å²) >= 11 is 1.10. The number of carboxylic acid groups (broad SMARTS) is 1. The SMILES string of the molecule is Cc1ccn(CCc2ccc3c4c(cccc24)N(CC2=C(C(=O)[O-])N4C(=O)C(C(C)O)C4S2)S3(=O)=O)c1. The van der Waals surface area contributed by atoms with Gasteiger partial charge in [-0.05, 0) is 55.0 Å². The normalized spacial score (nSPS) is 22.5. The Morgan fingerprint density at radius 1 is 1.22 bits per heavy atom. The van der Waals surface area contributed by atoms with Gasteiger partial charge in [0.1, 0.15) is 5.37 Å². The van der Waals surface area contributed by atoms with E-state index in [2.05, 4.69) is 10.8 Å². The highest BCUT2D eigenvalue weighted by atomic mass is 32.2. The number of aliphatic hydroxyl groups is 1. The first-order chi connectivity index (χ1) is 17.6. The molecule has 3 atom stereocenters. The molecule has 2 aromatic carbocycles. The number of nitrogens with zero attached hydrogens (tertiary/aromatic N) is 3. The Morgan fingerprint density at radius 2 is 2.00 bits per heavy atom. The van der Waals surface area contributed by atoms with Gasteiger partial charge in [0.25, 0.3) is 10.0 Å². The van der Waals surface area contributed by atoms with E-state index in [9.17, 15) is 28.2 Å². The molecule has 1 fully saturated rings. The van der Waals surface area contributed by atoms with E-state index in [4.69, 9.17) is 0 Å². The van der Waals surface area contributed by atoms with Crippen LogP contribution >= 0.6 is 11.8 Å². The van der Waals surface area contributed by atoms with Crippen molar-refractivity contribution in [3.05, 3.63) is 70.5 Å². The van der Waals surface area contributed by atoms with E-state index < -0.39 is 39.3 Å². The number of fused-ring (bicyclic) bond motifs is 1. The topological polar surface area (TPSA) is 123 Å². The molecule has 192 valence electrons. The molecule has 0 saturated carbocycles. The van der Waals surface area contributed by atoms with Gasteiger partial charge in [0.05, 0.1) is 40.8 Å². The average molecular weight is 539 g/mol. The van der Waals surface area contributed by atoms with Gasteiger partial charge in [-0.2, -0.15) is 0 Å². The first kappa shape index (κ1) is 24.1. The monoisotopic (exact) mass is 538 g/mol. The number of hydrogen-bond donors (Lipinski definition) is 1. The Bertz CT molecular complexity index is 1620. The summed E-state index contributed by atoms with van der Waals surface area (Å²) < 4.78 is 30.6. The van der Waals surface area contributed by atoms with E-state index in [0.29, 0.717) is 17.5 Å². The van der Waals surface area contributed by atoms with Gasteiger partial charge in [-0.15, -0.1) is 0 Å². The number of aliphatic hydroxyl groups excluding tert-OH is 1. The van der Waals surface area contributed by atoms with Crippen molar-refractivity contribution in [2.75, 3.05) is 10.8 Å². The van der Waals surface area contributed by atoms with Crippen molar-refractivity contribution in [3.8, 4) is 0 Å². The van der Waals surface area contributed by atoms with Crippen LogP contribution in [0.1, 0.15) is 18.1 Å². The van der Waals surface area contributed by atoms with Crippen molar-refractivity contribution in [2.45, 2.75) is 43.2 Å². The molecule has 37 heavy (non-hydrogen) atoms. The number of hydrogen-bond acceptors (Lipinski definition) is 7. The lowest BCUT2D eigenvalue weighted by Crippen LogP contribution is -2.61. The number of carbonyl (C=O) groups is 2. The molecule has 0 aliphatic carbocycles. The summed E-state index contributed by atoms with van der Waals surface area (Å²) in [5.74, 6) is -2.80. The van der Waals surface area contributed by atoms with Crippen LogP contribution in [-0.4, -0.2) is 52.9 Å². The van der Waals surface area contributed by atoms with Crippen molar-refractivity contribution in [2.24, 2.45) is 5.92 Å². The Morgan fingerprint density at radius 3 is 2.68 bits per heavy atom. The standard InChI is InChI=1S/C26H25N3O6S2/c1-14-8-10-27(12-14)11-9-16-6-7-20-22-17(16)4-3-5-18(22)28(37(20,34)35)13-19-23(26(32)33)29-24(31)21(15(2)30)25(29)36-19/h3-8,10,12,15,21,25,30H,9,11,13H2,1-2H3,(H,32,33)/p-1. The largest absolute Gasteiger partial charge is 0.543 e. The molecule has 9 nitrogen and oxygen atoms in total. The van der Waals surface area contributed by atoms with Crippen LogP contribution in [0.3, 0.4) is 0 Å². The maximum atomic E-state index is 13.6. The van der Waals surface area contributed by atoms with E-state index in [1.165, 1.54) is 16.8 Å². The minimum atomic E-state index is -3.96. The van der Waals surface area contributed by atoms with Gasteiger partial charge in [0, 0.05) is 29.2 Å². The van der Waals surface area contributed by atoms with Crippen molar-refractivity contribution >= 4 is 50.1 Å². The van der Waals surface area contributed by atoms with Crippen LogP contribution in [0.4, 0.5) is 5.69 Å². The summed E-state index contributed by atoms with van der Waals surface area (Å²) in [4.78, 5) is 26.0. The average Bonchev–Trinajstić information content (AvgIpc) is 3.46. The molecule has 11 heteroatoms.